The molecular formula is C26H32N4O8S. The number of nitrogens with one attached hydrogen (secondary N) is 3. The van der Waals surface area contributed by atoms with Crippen LogP contribution < -0.4 is 21.7 Å². The highest BCUT2D eigenvalue weighted by molar-refractivity contribution is 7.80. The van der Waals surface area contributed by atoms with Crippen LogP contribution in [-0.2, 0) is 36.8 Å². The summed E-state index contributed by atoms with van der Waals surface area (Å²) < 4.78 is 0. The van der Waals surface area contributed by atoms with E-state index in [1.807, 2.05) is 0 Å². The summed E-state index contributed by atoms with van der Waals surface area (Å²) in [4.78, 5) is 61.7. The lowest BCUT2D eigenvalue weighted by molar-refractivity contribution is -0.142. The van der Waals surface area contributed by atoms with Gasteiger partial charge in [0.05, 0.1) is 6.04 Å². The number of rotatable bonds is 15. The zero-order valence-corrected chi connectivity index (χ0v) is 21.8. The predicted octanol–water partition coefficient (Wildman–Crippen LogP) is -0.162. The van der Waals surface area contributed by atoms with Crippen LogP contribution in [0.1, 0.15) is 24.0 Å². The molecule has 39 heavy (non-hydrogen) atoms. The Labute approximate surface area is 230 Å². The van der Waals surface area contributed by atoms with Crippen molar-refractivity contribution in [3.05, 3.63) is 65.7 Å². The molecular weight excluding hydrogens is 528 g/mol. The highest BCUT2D eigenvalue weighted by atomic mass is 32.1. The van der Waals surface area contributed by atoms with Crippen molar-refractivity contribution < 1.29 is 39.3 Å². The lowest BCUT2D eigenvalue weighted by atomic mass is 10.0. The van der Waals surface area contributed by atoms with E-state index in [1.54, 1.807) is 30.3 Å². The zero-order valence-electron chi connectivity index (χ0n) is 20.9. The molecule has 13 heteroatoms. The summed E-state index contributed by atoms with van der Waals surface area (Å²) in [6.45, 7) is 0. The molecule has 0 radical (unpaired) electrons. The van der Waals surface area contributed by atoms with Crippen molar-refractivity contribution in [3.8, 4) is 5.75 Å². The highest BCUT2D eigenvalue weighted by Gasteiger charge is 2.31. The number of phenols is 1. The van der Waals surface area contributed by atoms with Crippen LogP contribution in [0.4, 0.5) is 0 Å². The van der Waals surface area contributed by atoms with E-state index in [4.69, 9.17) is 10.8 Å². The molecule has 0 saturated heterocycles. The Balaban J connectivity index is 2.28. The molecule has 0 aromatic heterocycles. The van der Waals surface area contributed by atoms with Crippen LogP contribution in [0, 0.1) is 0 Å². The Bertz CT molecular complexity index is 1150. The van der Waals surface area contributed by atoms with Gasteiger partial charge in [0.2, 0.25) is 17.7 Å². The van der Waals surface area contributed by atoms with E-state index >= 15 is 0 Å². The Hall–Kier alpha value is -4.10. The SMILES string of the molecule is NC(CS)C(=O)NC(CCC(=O)O)C(=O)NC(Cc1ccc(O)cc1)C(=O)NC(Cc1ccccc1)C(=O)O. The number of carbonyl (C=O) groups excluding carboxylic acids is 3. The monoisotopic (exact) mass is 560 g/mol. The summed E-state index contributed by atoms with van der Waals surface area (Å²) >= 11 is 3.94. The van der Waals surface area contributed by atoms with Gasteiger partial charge in [-0.2, -0.15) is 12.6 Å². The summed E-state index contributed by atoms with van der Waals surface area (Å²) in [7, 11) is 0. The van der Waals surface area contributed by atoms with E-state index in [2.05, 4.69) is 28.6 Å². The van der Waals surface area contributed by atoms with Crippen molar-refractivity contribution in [3.63, 3.8) is 0 Å². The van der Waals surface area contributed by atoms with Gasteiger partial charge in [0.15, 0.2) is 0 Å². The maximum atomic E-state index is 13.3. The normalized spacial score (nSPS) is 13.8. The fourth-order valence-corrected chi connectivity index (χ4v) is 3.74. The number of hydrogen-bond acceptors (Lipinski definition) is 8. The largest absolute Gasteiger partial charge is 0.508 e. The minimum atomic E-state index is -1.34. The van der Waals surface area contributed by atoms with Crippen LogP contribution in [-0.4, -0.2) is 74.9 Å². The number of aromatic hydroxyl groups is 1. The molecule has 8 N–H and O–H groups in total. The molecule has 0 spiro atoms. The Morgan fingerprint density at radius 3 is 1.82 bits per heavy atom. The van der Waals surface area contributed by atoms with Crippen molar-refractivity contribution in [1.29, 1.82) is 0 Å². The summed E-state index contributed by atoms with van der Waals surface area (Å²) in [5.41, 5.74) is 6.86. The number of hydrogen-bond donors (Lipinski definition) is 8. The topological polar surface area (TPSA) is 208 Å². The van der Waals surface area contributed by atoms with Gasteiger partial charge in [0.25, 0.3) is 0 Å². The number of carboxylic acid groups (broad SMARTS) is 2. The molecule has 0 saturated carbocycles. The van der Waals surface area contributed by atoms with E-state index in [0.29, 0.717) is 11.1 Å². The van der Waals surface area contributed by atoms with Gasteiger partial charge in [-0.25, -0.2) is 4.79 Å². The molecule has 4 unspecified atom stereocenters. The molecule has 4 atom stereocenters. The maximum Gasteiger partial charge on any atom is 0.326 e. The van der Waals surface area contributed by atoms with Crippen molar-refractivity contribution in [2.24, 2.45) is 5.73 Å². The minimum Gasteiger partial charge on any atom is -0.508 e. The van der Waals surface area contributed by atoms with Gasteiger partial charge in [-0.05, 0) is 29.7 Å². The molecule has 210 valence electrons. The lowest BCUT2D eigenvalue weighted by Crippen LogP contribution is -2.58. The van der Waals surface area contributed by atoms with E-state index in [9.17, 15) is 34.2 Å². The lowest BCUT2D eigenvalue weighted by Gasteiger charge is -2.25. The molecule has 0 aliphatic carbocycles. The first-order chi connectivity index (χ1) is 18.5. The zero-order chi connectivity index (χ0) is 28.9. The number of phenolic OH excluding ortho intramolecular Hbond substituents is 1. The van der Waals surface area contributed by atoms with Gasteiger partial charge >= 0.3 is 11.9 Å². The van der Waals surface area contributed by atoms with Gasteiger partial charge in [0, 0.05) is 25.0 Å². The molecule has 0 heterocycles. The van der Waals surface area contributed by atoms with Gasteiger partial charge in [-0.15, -0.1) is 0 Å². The second-order valence-electron chi connectivity index (χ2n) is 8.80. The fraction of sp³-hybridized carbons (Fsp3) is 0.346. The van der Waals surface area contributed by atoms with E-state index < -0.39 is 60.2 Å². The second-order valence-corrected chi connectivity index (χ2v) is 9.17. The average Bonchev–Trinajstić information content (AvgIpc) is 2.91. The van der Waals surface area contributed by atoms with E-state index in [0.717, 1.165) is 0 Å². The minimum absolute atomic E-state index is 0.0132. The third kappa shape index (κ3) is 10.7. The van der Waals surface area contributed by atoms with Gasteiger partial charge in [0.1, 0.15) is 23.9 Å². The first kappa shape index (κ1) is 31.1. The van der Waals surface area contributed by atoms with Gasteiger partial charge in [-0.1, -0.05) is 42.5 Å². The van der Waals surface area contributed by atoms with Crippen LogP contribution in [0.25, 0.3) is 0 Å². The molecule has 2 aromatic rings. The predicted molar refractivity (Wildman–Crippen MR) is 144 cm³/mol. The average molecular weight is 561 g/mol. The van der Waals surface area contributed by atoms with Crippen molar-refractivity contribution in [2.75, 3.05) is 5.75 Å². The Kier molecular flexibility index (Phi) is 12.2. The number of carbonyl (C=O) groups is 5. The summed E-state index contributed by atoms with van der Waals surface area (Å²) in [5.74, 6) is -4.93. The molecule has 2 aromatic carbocycles. The summed E-state index contributed by atoms with van der Waals surface area (Å²) in [6.07, 6.45) is -0.848. The number of carboxylic acids is 2. The first-order valence-corrected chi connectivity index (χ1v) is 12.7. The molecule has 12 nitrogen and oxygen atoms in total. The smallest absolute Gasteiger partial charge is 0.326 e. The molecule has 3 amide bonds. The third-order valence-corrected chi connectivity index (χ3v) is 6.11. The van der Waals surface area contributed by atoms with Gasteiger partial charge in [-0.3, -0.25) is 19.2 Å². The quantitative estimate of drug-likeness (QED) is 0.136. The molecule has 2 rings (SSSR count). The van der Waals surface area contributed by atoms with Crippen LogP contribution in [0.3, 0.4) is 0 Å². The molecule has 0 aliphatic heterocycles. The fourth-order valence-electron chi connectivity index (χ4n) is 3.57. The number of thiol groups is 1. The standard InChI is InChI=1S/C26H32N4O8S/c27-18(14-39)23(34)28-19(10-11-22(32)33)24(35)29-20(12-16-6-8-17(31)9-7-16)25(36)30-21(26(37)38)13-15-4-2-1-3-5-15/h1-9,18-21,31,39H,10-14,27H2,(H,28,34)(H,29,35)(H,30,36)(H,32,33)(H,37,38). The van der Waals surface area contributed by atoms with Crippen molar-refractivity contribution in [2.45, 2.75) is 49.9 Å². The summed E-state index contributed by atoms with van der Waals surface area (Å²) in [5, 5.41) is 35.7. The number of aliphatic carboxylic acids is 2. The van der Waals surface area contributed by atoms with Crippen LogP contribution in [0.2, 0.25) is 0 Å². The van der Waals surface area contributed by atoms with Crippen LogP contribution in [0.5, 0.6) is 5.75 Å². The van der Waals surface area contributed by atoms with E-state index in [-0.39, 0.29) is 30.8 Å². The first-order valence-electron chi connectivity index (χ1n) is 12.0. The van der Waals surface area contributed by atoms with Gasteiger partial charge < -0.3 is 37.0 Å². The Morgan fingerprint density at radius 2 is 1.26 bits per heavy atom. The molecule has 0 fully saturated rings. The van der Waals surface area contributed by atoms with Crippen LogP contribution in [0.15, 0.2) is 54.6 Å². The van der Waals surface area contributed by atoms with E-state index in [1.165, 1.54) is 24.3 Å². The number of benzene rings is 2. The number of nitrogens with two attached hydrogens (primary N) is 1. The Morgan fingerprint density at radius 1 is 0.744 bits per heavy atom. The number of amides is 3. The molecule has 0 bridgehead atoms. The van der Waals surface area contributed by atoms with Crippen LogP contribution >= 0.6 is 12.6 Å². The second kappa shape index (κ2) is 15.3. The third-order valence-electron chi connectivity index (χ3n) is 5.72. The maximum absolute atomic E-state index is 13.3. The van der Waals surface area contributed by atoms with Crippen molar-refractivity contribution in [1.82, 2.24) is 16.0 Å². The summed E-state index contributed by atoms with van der Waals surface area (Å²) in [6, 6.07) is 9.46. The molecule has 0 aliphatic rings. The highest BCUT2D eigenvalue weighted by Crippen LogP contribution is 2.13. The van der Waals surface area contributed by atoms with Crippen molar-refractivity contribution >= 4 is 42.3 Å².